The number of amides is 1. The van der Waals surface area contributed by atoms with Crippen LogP contribution in [-0.4, -0.2) is 32.8 Å². The van der Waals surface area contributed by atoms with Crippen molar-refractivity contribution in [3.05, 3.63) is 70.0 Å². The van der Waals surface area contributed by atoms with Gasteiger partial charge in [-0.25, -0.2) is 4.68 Å². The van der Waals surface area contributed by atoms with E-state index in [0.717, 1.165) is 10.2 Å². The molecule has 0 bridgehead atoms. The molecule has 128 valence electrons. The molecule has 0 N–H and O–H groups in total. The largest absolute Gasteiger partial charge is 0.337 e. The number of hydrogen-bond acceptors (Lipinski definition) is 4. The van der Waals surface area contributed by atoms with Gasteiger partial charge in [0.1, 0.15) is 12.1 Å². The van der Waals surface area contributed by atoms with Crippen molar-refractivity contribution in [1.82, 2.24) is 19.9 Å². The maximum absolute atomic E-state index is 12.6. The average molecular weight is 336 g/mol. The lowest BCUT2D eigenvalue weighted by Gasteiger charge is -2.25. The second-order valence-electron chi connectivity index (χ2n) is 6.16. The van der Waals surface area contributed by atoms with Crippen molar-refractivity contribution in [3.8, 4) is 0 Å². The summed E-state index contributed by atoms with van der Waals surface area (Å²) in [5, 5.41) is 8.35. The van der Waals surface area contributed by atoms with Crippen molar-refractivity contribution in [3.63, 3.8) is 0 Å². The minimum Gasteiger partial charge on any atom is -0.337 e. The van der Waals surface area contributed by atoms with Crippen LogP contribution in [0.15, 0.2) is 53.3 Å². The van der Waals surface area contributed by atoms with E-state index in [-0.39, 0.29) is 24.1 Å². The van der Waals surface area contributed by atoms with Gasteiger partial charge < -0.3 is 4.90 Å². The number of likely N-dealkylation sites (N-methyl/N-ethyl adjacent to an activating group) is 1. The van der Waals surface area contributed by atoms with E-state index in [1.807, 2.05) is 38.1 Å². The SMILES string of the molecule is Cc1ccc(C(C)N(C)C(=O)Cn2nnc3ccccc3c2=O)cc1. The topological polar surface area (TPSA) is 68.1 Å². The molecular weight excluding hydrogens is 316 g/mol. The molecule has 1 heterocycles. The van der Waals surface area contributed by atoms with Crippen LogP contribution in [-0.2, 0) is 11.3 Å². The number of rotatable bonds is 4. The zero-order valence-corrected chi connectivity index (χ0v) is 14.5. The summed E-state index contributed by atoms with van der Waals surface area (Å²) in [6, 6.07) is 14.9. The zero-order chi connectivity index (χ0) is 18.0. The maximum Gasteiger partial charge on any atom is 0.278 e. The minimum atomic E-state index is -0.310. The first-order valence-corrected chi connectivity index (χ1v) is 8.12. The normalized spacial score (nSPS) is 12.1. The van der Waals surface area contributed by atoms with E-state index < -0.39 is 0 Å². The highest BCUT2D eigenvalue weighted by Gasteiger charge is 2.19. The van der Waals surface area contributed by atoms with Crippen LogP contribution in [0.2, 0.25) is 0 Å². The third kappa shape index (κ3) is 3.42. The number of carbonyl (C=O) groups excluding carboxylic acids is 1. The van der Waals surface area contributed by atoms with Gasteiger partial charge in [-0.1, -0.05) is 47.2 Å². The van der Waals surface area contributed by atoms with E-state index in [1.54, 1.807) is 36.2 Å². The van der Waals surface area contributed by atoms with E-state index in [9.17, 15) is 9.59 Å². The molecule has 1 atom stereocenters. The molecule has 6 heteroatoms. The van der Waals surface area contributed by atoms with Crippen LogP contribution in [0.4, 0.5) is 0 Å². The van der Waals surface area contributed by atoms with E-state index in [1.165, 1.54) is 5.56 Å². The van der Waals surface area contributed by atoms with E-state index >= 15 is 0 Å². The first kappa shape index (κ1) is 16.8. The molecule has 1 unspecified atom stereocenters. The summed E-state index contributed by atoms with van der Waals surface area (Å²) < 4.78 is 1.11. The highest BCUT2D eigenvalue weighted by molar-refractivity contribution is 5.78. The van der Waals surface area contributed by atoms with Gasteiger partial charge in [0.25, 0.3) is 5.56 Å². The molecule has 0 saturated carbocycles. The van der Waals surface area contributed by atoms with Crippen LogP contribution in [0.25, 0.3) is 10.9 Å². The molecule has 0 radical (unpaired) electrons. The quantitative estimate of drug-likeness (QED) is 0.733. The lowest BCUT2D eigenvalue weighted by molar-refractivity contribution is -0.132. The smallest absolute Gasteiger partial charge is 0.278 e. The summed E-state index contributed by atoms with van der Waals surface area (Å²) in [4.78, 5) is 26.7. The van der Waals surface area contributed by atoms with Crippen LogP contribution in [0.3, 0.4) is 0 Å². The Bertz CT molecular complexity index is 963. The van der Waals surface area contributed by atoms with Crippen LogP contribution in [0.1, 0.15) is 24.1 Å². The van der Waals surface area contributed by atoms with Crippen molar-refractivity contribution in [2.45, 2.75) is 26.4 Å². The molecular formula is C19H20N4O2. The summed E-state index contributed by atoms with van der Waals surface area (Å²) in [6.07, 6.45) is 0. The minimum absolute atomic E-state index is 0.0998. The van der Waals surface area contributed by atoms with Crippen molar-refractivity contribution < 1.29 is 4.79 Å². The van der Waals surface area contributed by atoms with Crippen molar-refractivity contribution in [2.75, 3.05) is 7.05 Å². The van der Waals surface area contributed by atoms with Gasteiger partial charge in [-0.3, -0.25) is 9.59 Å². The van der Waals surface area contributed by atoms with Gasteiger partial charge in [0, 0.05) is 7.05 Å². The Hall–Kier alpha value is -3.02. The van der Waals surface area contributed by atoms with Gasteiger partial charge in [0.2, 0.25) is 5.91 Å². The monoisotopic (exact) mass is 336 g/mol. The Labute approximate surface area is 145 Å². The van der Waals surface area contributed by atoms with E-state index in [0.29, 0.717) is 10.9 Å². The standard InChI is InChI=1S/C19H20N4O2/c1-13-8-10-15(11-9-13)14(2)22(3)18(24)12-23-19(25)16-6-4-5-7-17(16)20-21-23/h4-11,14H,12H2,1-3H3. The second kappa shape index (κ2) is 6.84. The van der Waals surface area contributed by atoms with Crippen molar-refractivity contribution in [1.29, 1.82) is 0 Å². The molecule has 0 aliphatic heterocycles. The summed E-state index contributed by atoms with van der Waals surface area (Å²) in [6.45, 7) is 3.84. The first-order valence-electron chi connectivity index (χ1n) is 8.12. The van der Waals surface area contributed by atoms with E-state index in [2.05, 4.69) is 10.3 Å². The van der Waals surface area contributed by atoms with E-state index in [4.69, 9.17) is 0 Å². The van der Waals surface area contributed by atoms with Gasteiger partial charge in [-0.2, -0.15) is 0 Å². The third-order valence-electron chi connectivity index (χ3n) is 4.45. The molecule has 2 aromatic carbocycles. The maximum atomic E-state index is 12.6. The Morgan fingerprint density at radius 3 is 2.56 bits per heavy atom. The molecule has 0 fully saturated rings. The van der Waals surface area contributed by atoms with Crippen LogP contribution in [0.5, 0.6) is 0 Å². The van der Waals surface area contributed by atoms with Gasteiger partial charge in [-0.05, 0) is 31.5 Å². The Balaban J connectivity index is 1.80. The molecule has 3 rings (SSSR count). The molecule has 6 nitrogen and oxygen atoms in total. The first-order chi connectivity index (χ1) is 12.0. The summed E-state index contributed by atoms with van der Waals surface area (Å²) in [7, 11) is 1.73. The number of nitrogens with zero attached hydrogens (tertiary/aromatic N) is 4. The predicted octanol–water partition coefficient (Wildman–Crippen LogP) is 2.32. The zero-order valence-electron chi connectivity index (χ0n) is 14.5. The Morgan fingerprint density at radius 2 is 1.84 bits per heavy atom. The Kier molecular flexibility index (Phi) is 4.61. The molecule has 1 aromatic heterocycles. The lowest BCUT2D eigenvalue weighted by Crippen LogP contribution is -2.36. The number of fused-ring (bicyclic) bond motifs is 1. The molecule has 3 aromatic rings. The summed E-state index contributed by atoms with van der Waals surface area (Å²) in [5.74, 6) is -0.195. The molecule has 1 amide bonds. The van der Waals surface area contributed by atoms with Gasteiger partial charge in [0.05, 0.1) is 11.4 Å². The molecule has 0 saturated heterocycles. The third-order valence-corrected chi connectivity index (χ3v) is 4.45. The number of hydrogen-bond donors (Lipinski definition) is 0. The predicted molar refractivity (Wildman–Crippen MR) is 96.2 cm³/mol. The number of carbonyl (C=O) groups is 1. The Morgan fingerprint density at radius 1 is 1.16 bits per heavy atom. The highest BCUT2D eigenvalue weighted by Crippen LogP contribution is 2.19. The van der Waals surface area contributed by atoms with Crippen LogP contribution in [0, 0.1) is 6.92 Å². The lowest BCUT2D eigenvalue weighted by atomic mass is 10.1. The van der Waals surface area contributed by atoms with Crippen molar-refractivity contribution in [2.24, 2.45) is 0 Å². The molecule has 0 aliphatic carbocycles. The number of aryl methyl sites for hydroxylation is 1. The average Bonchev–Trinajstić information content (AvgIpc) is 2.63. The van der Waals surface area contributed by atoms with Gasteiger partial charge >= 0.3 is 0 Å². The summed E-state index contributed by atoms with van der Waals surface area (Å²) >= 11 is 0. The number of aromatic nitrogens is 3. The molecule has 25 heavy (non-hydrogen) atoms. The van der Waals surface area contributed by atoms with Gasteiger partial charge in [0.15, 0.2) is 0 Å². The van der Waals surface area contributed by atoms with Crippen LogP contribution < -0.4 is 5.56 Å². The fourth-order valence-corrected chi connectivity index (χ4v) is 2.65. The molecule has 0 spiro atoms. The van der Waals surface area contributed by atoms with Crippen molar-refractivity contribution >= 4 is 16.8 Å². The fourth-order valence-electron chi connectivity index (χ4n) is 2.65. The number of benzene rings is 2. The summed E-state index contributed by atoms with van der Waals surface area (Å²) in [5.41, 5.74) is 2.43. The fraction of sp³-hybridized carbons (Fsp3) is 0.263. The van der Waals surface area contributed by atoms with Crippen LogP contribution >= 0.6 is 0 Å². The second-order valence-corrected chi connectivity index (χ2v) is 6.16. The molecule has 0 aliphatic rings. The van der Waals surface area contributed by atoms with Gasteiger partial charge in [-0.15, -0.1) is 5.10 Å². The highest BCUT2D eigenvalue weighted by atomic mass is 16.2.